The molecule has 0 saturated carbocycles. The SMILES string of the molecule is Cc1cccc(CN2N=N[C@@H]3C(=O)N(c4ccc(F)c(F)c4)C(=O)[C@@H]32)c1. The second kappa shape index (κ2) is 5.98. The van der Waals surface area contributed by atoms with Crippen LogP contribution in [0.2, 0.25) is 0 Å². The molecule has 2 aliphatic rings. The zero-order chi connectivity index (χ0) is 18.4. The third-order valence-electron chi connectivity index (χ3n) is 4.45. The Hall–Kier alpha value is -3.16. The Kier molecular flexibility index (Phi) is 3.75. The van der Waals surface area contributed by atoms with Crippen LogP contribution in [-0.2, 0) is 16.1 Å². The lowest BCUT2D eigenvalue weighted by Gasteiger charge is -2.20. The maximum Gasteiger partial charge on any atom is 0.263 e. The monoisotopic (exact) mass is 356 g/mol. The Morgan fingerprint density at radius 3 is 2.58 bits per heavy atom. The highest BCUT2D eigenvalue weighted by molar-refractivity contribution is 6.25. The van der Waals surface area contributed by atoms with Crippen molar-refractivity contribution in [3.05, 3.63) is 65.2 Å². The summed E-state index contributed by atoms with van der Waals surface area (Å²) in [7, 11) is 0. The Morgan fingerprint density at radius 1 is 1.04 bits per heavy atom. The molecule has 6 nitrogen and oxygen atoms in total. The first-order valence-electron chi connectivity index (χ1n) is 8.01. The van der Waals surface area contributed by atoms with Crippen LogP contribution in [0.25, 0.3) is 0 Å². The van der Waals surface area contributed by atoms with Crippen LogP contribution in [0.4, 0.5) is 14.5 Å². The number of rotatable bonds is 3. The van der Waals surface area contributed by atoms with Crippen LogP contribution < -0.4 is 4.90 Å². The molecular weight excluding hydrogens is 342 g/mol. The number of benzene rings is 2. The van der Waals surface area contributed by atoms with Crippen molar-refractivity contribution in [3.8, 4) is 0 Å². The number of nitrogens with zero attached hydrogens (tertiary/aromatic N) is 4. The van der Waals surface area contributed by atoms with Gasteiger partial charge in [-0.2, -0.15) is 5.11 Å². The second-order valence-corrected chi connectivity index (χ2v) is 6.29. The van der Waals surface area contributed by atoms with E-state index in [0.29, 0.717) is 6.54 Å². The molecule has 0 aromatic heterocycles. The zero-order valence-electron chi connectivity index (χ0n) is 13.8. The summed E-state index contributed by atoms with van der Waals surface area (Å²) >= 11 is 0. The van der Waals surface area contributed by atoms with Crippen LogP contribution in [0.1, 0.15) is 11.1 Å². The number of aryl methyl sites for hydroxylation is 1. The van der Waals surface area contributed by atoms with Crippen molar-refractivity contribution >= 4 is 17.5 Å². The second-order valence-electron chi connectivity index (χ2n) is 6.29. The minimum atomic E-state index is -1.13. The molecule has 0 spiro atoms. The van der Waals surface area contributed by atoms with Crippen LogP contribution in [-0.4, -0.2) is 28.9 Å². The standard InChI is InChI=1S/C18H14F2N4O2/c1-10-3-2-4-11(7-10)9-23-16-15(21-22-23)17(25)24(18(16)26)12-5-6-13(19)14(20)8-12/h2-8,15-16H,9H2,1H3/t15-,16+/m0/s1. The predicted molar refractivity (Wildman–Crippen MR) is 88.0 cm³/mol. The van der Waals surface area contributed by atoms with Crippen molar-refractivity contribution in [1.82, 2.24) is 5.01 Å². The Bertz CT molecular complexity index is 947. The highest BCUT2D eigenvalue weighted by Crippen LogP contribution is 2.33. The number of hydrogen-bond acceptors (Lipinski definition) is 5. The highest BCUT2D eigenvalue weighted by Gasteiger charge is 2.54. The maximum absolute atomic E-state index is 13.5. The van der Waals surface area contributed by atoms with E-state index < -0.39 is 35.5 Å². The normalized spacial score (nSPS) is 21.7. The fourth-order valence-corrected chi connectivity index (χ4v) is 3.23. The van der Waals surface area contributed by atoms with Crippen molar-refractivity contribution in [2.45, 2.75) is 25.6 Å². The average molecular weight is 356 g/mol. The van der Waals surface area contributed by atoms with Gasteiger partial charge in [-0.15, -0.1) is 0 Å². The van der Waals surface area contributed by atoms with Gasteiger partial charge in [-0.25, -0.2) is 13.7 Å². The molecule has 132 valence electrons. The van der Waals surface area contributed by atoms with E-state index in [1.807, 2.05) is 31.2 Å². The number of carbonyl (C=O) groups excluding carboxylic acids is 2. The fourth-order valence-electron chi connectivity index (χ4n) is 3.23. The van der Waals surface area contributed by atoms with Gasteiger partial charge in [0, 0.05) is 6.07 Å². The third kappa shape index (κ3) is 2.54. The van der Waals surface area contributed by atoms with Gasteiger partial charge in [0.1, 0.15) is 0 Å². The number of hydrogen-bond donors (Lipinski definition) is 0. The minimum absolute atomic E-state index is 0.0148. The van der Waals surface area contributed by atoms with E-state index in [4.69, 9.17) is 0 Å². The van der Waals surface area contributed by atoms with E-state index in [1.165, 1.54) is 11.1 Å². The van der Waals surface area contributed by atoms with Gasteiger partial charge in [0.2, 0.25) is 0 Å². The molecule has 0 N–H and O–H groups in total. The van der Waals surface area contributed by atoms with E-state index >= 15 is 0 Å². The van der Waals surface area contributed by atoms with Gasteiger partial charge in [-0.05, 0) is 24.6 Å². The Balaban J connectivity index is 1.62. The zero-order valence-corrected chi connectivity index (χ0v) is 13.8. The van der Waals surface area contributed by atoms with Gasteiger partial charge in [0.05, 0.1) is 12.2 Å². The van der Waals surface area contributed by atoms with Crippen LogP contribution in [0.5, 0.6) is 0 Å². The molecule has 1 fully saturated rings. The fraction of sp³-hybridized carbons (Fsp3) is 0.222. The molecule has 2 aliphatic heterocycles. The van der Waals surface area contributed by atoms with Gasteiger partial charge >= 0.3 is 0 Å². The quantitative estimate of drug-likeness (QED) is 0.795. The summed E-state index contributed by atoms with van der Waals surface area (Å²) < 4.78 is 26.6. The van der Waals surface area contributed by atoms with Crippen molar-refractivity contribution in [2.75, 3.05) is 4.90 Å². The average Bonchev–Trinajstić information content (AvgIpc) is 3.11. The van der Waals surface area contributed by atoms with Gasteiger partial charge in [-0.3, -0.25) is 14.6 Å². The molecular formula is C18H14F2N4O2. The lowest BCUT2D eigenvalue weighted by Crippen LogP contribution is -2.39. The molecule has 1 saturated heterocycles. The molecule has 0 aliphatic carbocycles. The number of amides is 2. The smallest absolute Gasteiger partial charge is 0.263 e. The third-order valence-corrected chi connectivity index (χ3v) is 4.45. The number of anilines is 1. The number of fused-ring (bicyclic) bond motifs is 1. The van der Waals surface area contributed by atoms with E-state index in [-0.39, 0.29) is 5.69 Å². The first-order chi connectivity index (χ1) is 12.5. The van der Waals surface area contributed by atoms with Crippen LogP contribution in [0, 0.1) is 18.6 Å². The topological polar surface area (TPSA) is 65.3 Å². The molecule has 0 radical (unpaired) electrons. The summed E-state index contributed by atoms with van der Waals surface area (Å²) in [6.07, 6.45) is 0. The van der Waals surface area contributed by atoms with E-state index in [2.05, 4.69) is 10.3 Å². The molecule has 8 heteroatoms. The summed E-state index contributed by atoms with van der Waals surface area (Å²) in [5.41, 5.74) is 1.97. The highest BCUT2D eigenvalue weighted by atomic mass is 19.2. The summed E-state index contributed by atoms with van der Waals surface area (Å²) in [6, 6.07) is 8.74. The molecule has 2 atom stereocenters. The Labute approximate surface area is 147 Å². The maximum atomic E-state index is 13.5. The number of imide groups is 1. The number of carbonyl (C=O) groups is 2. The van der Waals surface area contributed by atoms with E-state index in [1.54, 1.807) is 0 Å². The first-order valence-corrected chi connectivity index (χ1v) is 8.01. The molecule has 0 unspecified atom stereocenters. The lowest BCUT2D eigenvalue weighted by molar-refractivity contribution is -0.123. The van der Waals surface area contributed by atoms with Crippen molar-refractivity contribution in [2.24, 2.45) is 10.3 Å². The van der Waals surface area contributed by atoms with E-state index in [9.17, 15) is 18.4 Å². The summed E-state index contributed by atoms with van der Waals surface area (Å²) in [5, 5.41) is 9.34. The van der Waals surface area contributed by atoms with Crippen molar-refractivity contribution in [3.63, 3.8) is 0 Å². The predicted octanol–water partition coefficient (Wildman–Crippen LogP) is 2.77. The molecule has 0 bridgehead atoms. The molecule has 2 aromatic carbocycles. The van der Waals surface area contributed by atoms with Crippen LogP contribution >= 0.6 is 0 Å². The Morgan fingerprint density at radius 2 is 1.85 bits per heavy atom. The number of halogens is 2. The van der Waals surface area contributed by atoms with Crippen molar-refractivity contribution < 1.29 is 18.4 Å². The van der Waals surface area contributed by atoms with Gasteiger partial charge in [-0.1, -0.05) is 35.1 Å². The van der Waals surface area contributed by atoms with Crippen LogP contribution in [0.3, 0.4) is 0 Å². The molecule has 2 heterocycles. The van der Waals surface area contributed by atoms with E-state index in [0.717, 1.165) is 28.2 Å². The summed E-state index contributed by atoms with van der Waals surface area (Å²) in [4.78, 5) is 26.2. The largest absolute Gasteiger partial charge is 0.271 e. The van der Waals surface area contributed by atoms with Crippen molar-refractivity contribution in [1.29, 1.82) is 0 Å². The molecule has 2 amide bonds. The van der Waals surface area contributed by atoms with Crippen LogP contribution in [0.15, 0.2) is 52.8 Å². The minimum Gasteiger partial charge on any atom is -0.271 e. The van der Waals surface area contributed by atoms with Gasteiger partial charge in [0.15, 0.2) is 23.7 Å². The first kappa shape index (κ1) is 16.3. The van der Waals surface area contributed by atoms with Gasteiger partial charge < -0.3 is 0 Å². The molecule has 2 aromatic rings. The summed E-state index contributed by atoms with van der Waals surface area (Å²) in [6.45, 7) is 2.27. The summed E-state index contributed by atoms with van der Waals surface area (Å²) in [5.74, 6) is -3.32. The van der Waals surface area contributed by atoms with Gasteiger partial charge in [0.25, 0.3) is 11.8 Å². The molecule has 26 heavy (non-hydrogen) atoms. The molecule has 4 rings (SSSR count). The lowest BCUT2D eigenvalue weighted by atomic mass is 10.1.